The van der Waals surface area contributed by atoms with Gasteiger partial charge in [0.1, 0.15) is 0 Å². The normalized spacial score (nSPS) is 21.9. The number of anilines is 1. The second-order valence-electron chi connectivity index (χ2n) is 7.05. The van der Waals surface area contributed by atoms with Gasteiger partial charge in [-0.1, -0.05) is 24.3 Å². The molecule has 1 heterocycles. The molecule has 27 heavy (non-hydrogen) atoms. The number of sulfonamides is 1. The number of sulfone groups is 1. The van der Waals surface area contributed by atoms with Gasteiger partial charge >= 0.3 is 0 Å². The summed E-state index contributed by atoms with van der Waals surface area (Å²) < 4.78 is 52.3. The Bertz CT molecular complexity index is 1060. The first-order valence-electron chi connectivity index (χ1n) is 8.59. The highest BCUT2D eigenvalue weighted by molar-refractivity contribution is 7.93. The van der Waals surface area contributed by atoms with Crippen LogP contribution in [0.3, 0.4) is 0 Å². The van der Waals surface area contributed by atoms with E-state index in [0.717, 1.165) is 15.4 Å². The lowest BCUT2D eigenvalue weighted by Crippen LogP contribution is -2.47. The van der Waals surface area contributed by atoms with Gasteiger partial charge in [0, 0.05) is 0 Å². The first kappa shape index (κ1) is 19.9. The van der Waals surface area contributed by atoms with E-state index in [-0.39, 0.29) is 4.90 Å². The lowest BCUT2D eigenvalue weighted by Gasteiger charge is -2.32. The third kappa shape index (κ3) is 3.74. The van der Waals surface area contributed by atoms with Crippen LogP contribution in [0.5, 0.6) is 0 Å². The van der Waals surface area contributed by atoms with E-state index in [1.165, 1.54) is 0 Å². The predicted octanol–water partition coefficient (Wildman–Crippen LogP) is 1.97. The maximum Gasteiger partial charge on any atom is 0.264 e. The smallest absolute Gasteiger partial charge is 0.264 e. The maximum absolute atomic E-state index is 13.6. The number of benzene rings is 2. The van der Waals surface area contributed by atoms with Crippen molar-refractivity contribution in [1.29, 1.82) is 0 Å². The van der Waals surface area contributed by atoms with Crippen molar-refractivity contribution in [1.82, 2.24) is 0 Å². The van der Waals surface area contributed by atoms with Crippen molar-refractivity contribution >= 4 is 25.5 Å². The number of nitrogens with zero attached hydrogens (tertiary/aromatic N) is 1. The molecule has 1 fully saturated rings. The van der Waals surface area contributed by atoms with Gasteiger partial charge in [-0.25, -0.2) is 16.8 Å². The van der Waals surface area contributed by atoms with E-state index in [0.29, 0.717) is 11.3 Å². The number of hydrogen-bond donors (Lipinski definition) is 1. The molecule has 146 valence electrons. The third-order valence-electron chi connectivity index (χ3n) is 4.93. The molecule has 2 aromatic carbocycles. The monoisotopic (exact) mass is 409 g/mol. The van der Waals surface area contributed by atoms with E-state index in [1.807, 2.05) is 13.8 Å². The Labute approximate surface area is 160 Å². The van der Waals surface area contributed by atoms with Crippen LogP contribution in [0.4, 0.5) is 5.69 Å². The van der Waals surface area contributed by atoms with Crippen LogP contribution in [0.25, 0.3) is 0 Å². The molecular weight excluding hydrogens is 386 g/mol. The second-order valence-corrected chi connectivity index (χ2v) is 11.0. The molecule has 2 atom stereocenters. The number of aliphatic hydroxyl groups is 1. The van der Waals surface area contributed by atoms with Gasteiger partial charge in [0.15, 0.2) is 9.84 Å². The number of aliphatic hydroxyl groups excluding tert-OH is 1. The van der Waals surface area contributed by atoms with Gasteiger partial charge < -0.3 is 5.11 Å². The number of para-hydroxylation sites is 1. The van der Waals surface area contributed by atoms with E-state index < -0.39 is 43.5 Å². The zero-order valence-corrected chi connectivity index (χ0v) is 17.1. The van der Waals surface area contributed by atoms with Crippen molar-refractivity contribution in [3.8, 4) is 0 Å². The van der Waals surface area contributed by atoms with Crippen LogP contribution in [0.1, 0.15) is 16.7 Å². The molecule has 3 rings (SSSR count). The van der Waals surface area contributed by atoms with Crippen molar-refractivity contribution in [3.63, 3.8) is 0 Å². The molecule has 0 saturated carbocycles. The van der Waals surface area contributed by atoms with Gasteiger partial charge in [-0.15, -0.1) is 0 Å². The minimum absolute atomic E-state index is 0.117. The summed E-state index contributed by atoms with van der Waals surface area (Å²) in [5.74, 6) is -0.853. The fourth-order valence-electron chi connectivity index (χ4n) is 3.44. The van der Waals surface area contributed by atoms with Crippen LogP contribution < -0.4 is 4.31 Å². The fraction of sp³-hybridized carbons (Fsp3) is 0.368. The van der Waals surface area contributed by atoms with Crippen molar-refractivity contribution in [2.75, 3.05) is 15.8 Å². The molecule has 0 bridgehead atoms. The van der Waals surface area contributed by atoms with Crippen molar-refractivity contribution < 1.29 is 21.9 Å². The van der Waals surface area contributed by atoms with E-state index in [1.54, 1.807) is 49.4 Å². The Balaban J connectivity index is 2.21. The highest BCUT2D eigenvalue weighted by atomic mass is 32.2. The Morgan fingerprint density at radius 3 is 2.11 bits per heavy atom. The average molecular weight is 410 g/mol. The number of rotatable bonds is 4. The average Bonchev–Trinajstić information content (AvgIpc) is 2.84. The van der Waals surface area contributed by atoms with Crippen LogP contribution in [0.2, 0.25) is 0 Å². The molecule has 0 aliphatic carbocycles. The molecule has 8 heteroatoms. The standard InChI is InChI=1S/C19H23NO5S2/c1-13-9-15(3)19(10-14(13)2)27(24,25)20(16-7-5-4-6-8-16)17-11-26(22,23)12-18(17)21/h4-10,17-18,21H,11-12H2,1-3H3/t17-,18-/m0/s1. The Morgan fingerprint density at radius 1 is 0.963 bits per heavy atom. The molecule has 0 radical (unpaired) electrons. The summed E-state index contributed by atoms with van der Waals surface area (Å²) in [7, 11) is -7.60. The van der Waals surface area contributed by atoms with Gasteiger partial charge in [0.2, 0.25) is 0 Å². The first-order valence-corrected chi connectivity index (χ1v) is 11.8. The van der Waals surface area contributed by atoms with E-state index in [9.17, 15) is 21.9 Å². The van der Waals surface area contributed by atoms with Gasteiger partial charge in [0.05, 0.1) is 34.2 Å². The molecule has 0 spiro atoms. The van der Waals surface area contributed by atoms with Crippen molar-refractivity contribution in [2.24, 2.45) is 0 Å². The first-order chi connectivity index (χ1) is 12.5. The van der Waals surface area contributed by atoms with Crippen molar-refractivity contribution in [3.05, 3.63) is 59.2 Å². The lowest BCUT2D eigenvalue weighted by molar-refractivity contribution is 0.184. The Morgan fingerprint density at radius 2 is 1.56 bits per heavy atom. The largest absolute Gasteiger partial charge is 0.390 e. The summed E-state index contributed by atoms with van der Waals surface area (Å²) in [6, 6.07) is 10.7. The fourth-order valence-corrected chi connectivity index (χ4v) is 7.27. The molecule has 0 aromatic heterocycles. The van der Waals surface area contributed by atoms with Crippen molar-refractivity contribution in [2.45, 2.75) is 37.8 Å². The Hall–Kier alpha value is -1.90. The van der Waals surface area contributed by atoms with Gasteiger partial charge in [0.25, 0.3) is 10.0 Å². The van der Waals surface area contributed by atoms with Crippen LogP contribution in [-0.2, 0) is 19.9 Å². The quantitative estimate of drug-likeness (QED) is 0.834. The molecule has 0 amide bonds. The molecule has 1 aliphatic rings. The molecule has 1 aliphatic heterocycles. The minimum Gasteiger partial charge on any atom is -0.390 e. The number of aryl methyl sites for hydroxylation is 3. The number of hydrogen-bond acceptors (Lipinski definition) is 5. The SMILES string of the molecule is Cc1cc(C)c(S(=O)(=O)N(c2ccccc2)[C@H]2CS(=O)(=O)C[C@@H]2O)cc1C. The Kier molecular flexibility index (Phi) is 5.09. The molecule has 1 saturated heterocycles. The van der Waals surface area contributed by atoms with Crippen LogP contribution >= 0.6 is 0 Å². The van der Waals surface area contributed by atoms with Gasteiger partial charge in [-0.3, -0.25) is 4.31 Å². The maximum atomic E-state index is 13.6. The summed E-state index contributed by atoms with van der Waals surface area (Å²) >= 11 is 0. The topological polar surface area (TPSA) is 91.8 Å². The van der Waals surface area contributed by atoms with Crippen LogP contribution in [0.15, 0.2) is 47.4 Å². The lowest BCUT2D eigenvalue weighted by atomic mass is 10.1. The van der Waals surface area contributed by atoms with Crippen LogP contribution in [0, 0.1) is 20.8 Å². The highest BCUT2D eigenvalue weighted by Gasteiger charge is 2.45. The van der Waals surface area contributed by atoms with E-state index in [4.69, 9.17) is 0 Å². The van der Waals surface area contributed by atoms with Gasteiger partial charge in [-0.05, 0) is 55.7 Å². The molecule has 6 nitrogen and oxygen atoms in total. The predicted molar refractivity (Wildman–Crippen MR) is 105 cm³/mol. The van der Waals surface area contributed by atoms with E-state index in [2.05, 4.69) is 0 Å². The zero-order valence-electron chi connectivity index (χ0n) is 15.5. The highest BCUT2D eigenvalue weighted by Crippen LogP contribution is 2.33. The van der Waals surface area contributed by atoms with E-state index >= 15 is 0 Å². The summed E-state index contributed by atoms with van der Waals surface area (Å²) in [4.78, 5) is 0.117. The molecule has 2 aromatic rings. The third-order valence-corrected chi connectivity index (χ3v) is 8.63. The molecule has 0 unspecified atom stereocenters. The van der Waals surface area contributed by atoms with Crippen LogP contribution in [-0.4, -0.2) is 45.6 Å². The minimum atomic E-state index is -4.08. The molecule has 1 N–H and O–H groups in total. The molecular formula is C19H23NO5S2. The summed E-state index contributed by atoms with van der Waals surface area (Å²) in [5, 5.41) is 10.3. The second kappa shape index (κ2) is 6.92. The summed E-state index contributed by atoms with van der Waals surface area (Å²) in [5.41, 5.74) is 2.71. The summed E-state index contributed by atoms with van der Waals surface area (Å²) in [6.45, 7) is 5.45. The summed E-state index contributed by atoms with van der Waals surface area (Å²) in [6.07, 6.45) is -1.28. The zero-order chi connectivity index (χ0) is 20.0. The van der Waals surface area contributed by atoms with Gasteiger partial charge in [-0.2, -0.15) is 0 Å².